The van der Waals surface area contributed by atoms with Crippen molar-refractivity contribution in [2.24, 2.45) is 0 Å². The highest BCUT2D eigenvalue weighted by atomic mass is 32.2. The van der Waals surface area contributed by atoms with E-state index < -0.39 is 5.97 Å². The zero-order valence-electron chi connectivity index (χ0n) is 9.39. The van der Waals surface area contributed by atoms with E-state index in [4.69, 9.17) is 5.26 Å². The summed E-state index contributed by atoms with van der Waals surface area (Å²) in [5.41, 5.74) is -0.0280. The van der Waals surface area contributed by atoms with E-state index in [2.05, 4.69) is 14.7 Å². The molecule has 0 amide bonds. The molecular weight excluding hydrogens is 242 g/mol. The van der Waals surface area contributed by atoms with Crippen molar-refractivity contribution in [1.29, 1.82) is 5.26 Å². The molecule has 0 aromatic carbocycles. The average molecular weight is 253 g/mol. The SMILES string of the molecule is COC(=O)Cc1cc(=O)[nH]c(S[C@H](C)C#N)n1. The molecule has 1 N–H and O–H groups in total. The lowest BCUT2D eigenvalue weighted by Gasteiger charge is -2.04. The van der Waals surface area contributed by atoms with Crippen LogP contribution in [0.3, 0.4) is 0 Å². The Kier molecular flexibility index (Phi) is 4.72. The minimum Gasteiger partial charge on any atom is -0.469 e. The van der Waals surface area contributed by atoms with E-state index in [9.17, 15) is 9.59 Å². The Morgan fingerprint density at radius 2 is 2.47 bits per heavy atom. The number of H-pyrrole nitrogens is 1. The van der Waals surface area contributed by atoms with Gasteiger partial charge in [0.1, 0.15) is 0 Å². The zero-order valence-corrected chi connectivity index (χ0v) is 10.2. The van der Waals surface area contributed by atoms with Crippen LogP contribution in [0.25, 0.3) is 0 Å². The molecule has 1 aromatic rings. The molecule has 1 atom stereocenters. The molecule has 0 radical (unpaired) electrons. The zero-order chi connectivity index (χ0) is 12.8. The van der Waals surface area contributed by atoms with E-state index in [1.54, 1.807) is 6.92 Å². The van der Waals surface area contributed by atoms with Crippen molar-refractivity contribution >= 4 is 17.7 Å². The van der Waals surface area contributed by atoms with Crippen LogP contribution in [0.5, 0.6) is 0 Å². The maximum absolute atomic E-state index is 11.3. The third-order valence-electron chi connectivity index (χ3n) is 1.80. The number of nitriles is 1. The molecule has 1 aromatic heterocycles. The maximum Gasteiger partial charge on any atom is 0.311 e. The topological polar surface area (TPSA) is 95.8 Å². The number of carbonyl (C=O) groups is 1. The van der Waals surface area contributed by atoms with Crippen molar-refractivity contribution in [1.82, 2.24) is 9.97 Å². The number of hydrogen-bond donors (Lipinski definition) is 1. The Morgan fingerprint density at radius 3 is 3.06 bits per heavy atom. The lowest BCUT2D eigenvalue weighted by Crippen LogP contribution is -2.14. The molecule has 0 bridgehead atoms. The van der Waals surface area contributed by atoms with E-state index in [1.165, 1.54) is 13.2 Å². The first-order chi connectivity index (χ1) is 8.05. The number of rotatable bonds is 4. The molecule has 0 saturated heterocycles. The van der Waals surface area contributed by atoms with E-state index in [1.807, 2.05) is 6.07 Å². The molecule has 1 heterocycles. The van der Waals surface area contributed by atoms with Crippen molar-refractivity contribution in [2.45, 2.75) is 23.8 Å². The van der Waals surface area contributed by atoms with Gasteiger partial charge < -0.3 is 9.72 Å². The van der Waals surface area contributed by atoms with Gasteiger partial charge in [0.15, 0.2) is 5.16 Å². The van der Waals surface area contributed by atoms with Crippen molar-refractivity contribution in [3.63, 3.8) is 0 Å². The minimum atomic E-state index is -0.465. The van der Waals surface area contributed by atoms with Crippen LogP contribution >= 0.6 is 11.8 Å². The molecule has 0 aliphatic heterocycles. The molecule has 0 unspecified atom stereocenters. The summed E-state index contributed by atoms with van der Waals surface area (Å²) in [5.74, 6) is -0.465. The summed E-state index contributed by atoms with van der Waals surface area (Å²) >= 11 is 1.13. The molecule has 7 heteroatoms. The Morgan fingerprint density at radius 1 is 1.76 bits per heavy atom. The van der Waals surface area contributed by atoms with Gasteiger partial charge in [0.25, 0.3) is 5.56 Å². The predicted octanol–water partition coefficient (Wildman–Crippen LogP) is 0.490. The van der Waals surface area contributed by atoms with Crippen molar-refractivity contribution in [3.05, 3.63) is 22.1 Å². The van der Waals surface area contributed by atoms with E-state index in [-0.39, 0.29) is 17.2 Å². The van der Waals surface area contributed by atoms with Gasteiger partial charge in [0.2, 0.25) is 0 Å². The highest BCUT2D eigenvalue weighted by Gasteiger charge is 2.09. The first-order valence-corrected chi connectivity index (χ1v) is 5.66. The number of esters is 1. The first kappa shape index (κ1) is 13.3. The Labute approximate surface area is 102 Å². The average Bonchev–Trinajstić information content (AvgIpc) is 2.27. The predicted molar refractivity (Wildman–Crippen MR) is 61.5 cm³/mol. The van der Waals surface area contributed by atoms with Crippen LogP contribution in [0.1, 0.15) is 12.6 Å². The smallest absolute Gasteiger partial charge is 0.311 e. The van der Waals surface area contributed by atoms with Gasteiger partial charge in [-0.25, -0.2) is 4.98 Å². The van der Waals surface area contributed by atoms with Gasteiger partial charge in [-0.05, 0) is 6.92 Å². The Balaban J connectivity index is 2.91. The number of ether oxygens (including phenoxy) is 1. The van der Waals surface area contributed by atoms with E-state index in [0.29, 0.717) is 10.9 Å². The molecular formula is C10H11N3O3S. The molecule has 0 aliphatic carbocycles. The number of thioether (sulfide) groups is 1. The number of aromatic amines is 1. The monoisotopic (exact) mass is 253 g/mol. The normalized spacial score (nSPS) is 11.6. The van der Waals surface area contributed by atoms with Crippen molar-refractivity contribution in [3.8, 4) is 6.07 Å². The summed E-state index contributed by atoms with van der Waals surface area (Å²) in [7, 11) is 1.27. The third kappa shape index (κ3) is 4.28. The second-order valence-corrected chi connectivity index (χ2v) is 4.51. The van der Waals surface area contributed by atoms with Crippen LogP contribution in [0.4, 0.5) is 0 Å². The first-order valence-electron chi connectivity index (χ1n) is 4.78. The standard InChI is InChI=1S/C10H11N3O3S/c1-6(5-11)17-10-12-7(3-8(14)13-10)4-9(15)16-2/h3,6H,4H2,1-2H3,(H,12,13,14)/t6-/m1/s1. The number of methoxy groups -OCH3 is 1. The van der Waals surface area contributed by atoms with Gasteiger partial charge in [-0.2, -0.15) is 5.26 Å². The Bertz CT molecular complexity index is 506. The third-order valence-corrected chi connectivity index (χ3v) is 2.67. The van der Waals surface area contributed by atoms with Crippen LogP contribution in [0.2, 0.25) is 0 Å². The lowest BCUT2D eigenvalue weighted by molar-refractivity contribution is -0.139. The van der Waals surface area contributed by atoms with Gasteiger partial charge in [-0.1, -0.05) is 11.8 Å². The fraction of sp³-hybridized carbons (Fsp3) is 0.400. The van der Waals surface area contributed by atoms with Gasteiger partial charge in [0.05, 0.1) is 30.5 Å². The van der Waals surface area contributed by atoms with Crippen LogP contribution in [0.15, 0.2) is 16.0 Å². The Hall–Kier alpha value is -1.81. The number of carbonyl (C=O) groups excluding carboxylic acids is 1. The number of nitrogens with zero attached hydrogens (tertiary/aromatic N) is 2. The summed E-state index contributed by atoms with van der Waals surface area (Å²) in [6, 6.07) is 3.25. The molecule has 1 rings (SSSR count). The highest BCUT2D eigenvalue weighted by Crippen LogP contribution is 2.17. The maximum atomic E-state index is 11.3. The van der Waals surface area contributed by atoms with Gasteiger partial charge in [-0.15, -0.1) is 0 Å². The molecule has 0 saturated carbocycles. The second kappa shape index (κ2) is 6.06. The number of aromatic nitrogens is 2. The largest absolute Gasteiger partial charge is 0.469 e. The van der Waals surface area contributed by atoms with Gasteiger partial charge in [-0.3, -0.25) is 9.59 Å². The highest BCUT2D eigenvalue weighted by molar-refractivity contribution is 7.99. The lowest BCUT2D eigenvalue weighted by atomic mass is 10.3. The summed E-state index contributed by atoms with van der Waals surface area (Å²) in [6.07, 6.45) is -0.0606. The van der Waals surface area contributed by atoms with Crippen LogP contribution in [-0.4, -0.2) is 28.3 Å². The number of nitrogens with one attached hydrogen (secondary N) is 1. The molecule has 0 aliphatic rings. The molecule has 90 valence electrons. The quantitative estimate of drug-likeness (QED) is 0.476. The summed E-state index contributed by atoms with van der Waals surface area (Å²) in [6.45, 7) is 1.69. The van der Waals surface area contributed by atoms with Crippen LogP contribution in [0, 0.1) is 11.3 Å². The van der Waals surface area contributed by atoms with Crippen molar-refractivity contribution < 1.29 is 9.53 Å². The molecule has 0 spiro atoms. The fourth-order valence-electron chi connectivity index (χ4n) is 1.04. The molecule has 6 nitrogen and oxygen atoms in total. The number of hydrogen-bond acceptors (Lipinski definition) is 6. The summed E-state index contributed by atoms with van der Waals surface area (Å²) in [4.78, 5) is 28.9. The minimum absolute atomic E-state index is 0.0606. The van der Waals surface area contributed by atoms with Gasteiger partial charge >= 0.3 is 5.97 Å². The van der Waals surface area contributed by atoms with E-state index in [0.717, 1.165) is 11.8 Å². The second-order valence-electron chi connectivity index (χ2n) is 3.18. The van der Waals surface area contributed by atoms with Crippen LogP contribution < -0.4 is 5.56 Å². The fourth-order valence-corrected chi connectivity index (χ4v) is 1.76. The summed E-state index contributed by atoms with van der Waals surface area (Å²) < 4.78 is 4.49. The van der Waals surface area contributed by atoms with Crippen molar-refractivity contribution in [2.75, 3.05) is 7.11 Å². The van der Waals surface area contributed by atoms with Gasteiger partial charge in [0, 0.05) is 6.07 Å². The molecule has 0 fully saturated rings. The van der Waals surface area contributed by atoms with E-state index >= 15 is 0 Å². The summed E-state index contributed by atoms with van der Waals surface area (Å²) in [5, 5.41) is 8.65. The molecule has 17 heavy (non-hydrogen) atoms. The van der Waals surface area contributed by atoms with Crippen LogP contribution in [-0.2, 0) is 16.0 Å².